The number of hydrogen-bond donors (Lipinski definition) is 0. The fourth-order valence-corrected chi connectivity index (χ4v) is 5.64. The van der Waals surface area contributed by atoms with Crippen molar-refractivity contribution in [2.45, 2.75) is 51.9 Å². The minimum atomic E-state index is -0.241. The Kier molecular flexibility index (Phi) is 4.57. The third-order valence-corrected chi connectivity index (χ3v) is 7.39. The highest BCUT2D eigenvalue weighted by Gasteiger charge is 2.16. The van der Waals surface area contributed by atoms with E-state index in [9.17, 15) is 0 Å². The van der Waals surface area contributed by atoms with Crippen molar-refractivity contribution in [2.75, 3.05) is 0 Å². The second-order valence-electron chi connectivity index (χ2n) is 6.55. The molecule has 0 heterocycles. The summed E-state index contributed by atoms with van der Waals surface area (Å²) < 4.78 is 0. The highest BCUT2D eigenvalue weighted by Crippen LogP contribution is 2.26. The number of benzene rings is 1. The molecular formula is C19H26Si. The number of hydrogen-bond acceptors (Lipinski definition) is 0. The molecule has 1 saturated carbocycles. The topological polar surface area (TPSA) is 0 Å². The maximum atomic E-state index is 2.41. The van der Waals surface area contributed by atoms with Crippen LogP contribution in [0.2, 0.25) is 0 Å². The lowest BCUT2D eigenvalue weighted by Crippen LogP contribution is -2.23. The SMILES string of the molecule is CC1=C([SiH2]c2ccccc2CC2CCCCC2)CC=C1. The molecule has 1 aromatic carbocycles. The van der Waals surface area contributed by atoms with Gasteiger partial charge in [-0.05, 0) is 31.2 Å². The van der Waals surface area contributed by atoms with E-state index in [0.29, 0.717) is 0 Å². The second-order valence-corrected chi connectivity index (χ2v) is 8.52. The van der Waals surface area contributed by atoms with Gasteiger partial charge in [0.25, 0.3) is 0 Å². The van der Waals surface area contributed by atoms with Crippen molar-refractivity contribution in [3.8, 4) is 0 Å². The van der Waals surface area contributed by atoms with E-state index in [1.54, 1.807) is 21.5 Å². The van der Waals surface area contributed by atoms with Gasteiger partial charge in [-0.3, -0.25) is 0 Å². The minimum absolute atomic E-state index is 0.241. The summed E-state index contributed by atoms with van der Waals surface area (Å²) in [6, 6.07) is 9.29. The molecule has 0 amide bonds. The Hall–Kier alpha value is -1.08. The molecule has 1 aromatic rings. The van der Waals surface area contributed by atoms with Crippen molar-refractivity contribution < 1.29 is 0 Å². The first kappa shape index (κ1) is 13.9. The van der Waals surface area contributed by atoms with Crippen molar-refractivity contribution in [3.05, 3.63) is 52.8 Å². The third-order valence-electron chi connectivity index (χ3n) is 5.05. The molecule has 0 aliphatic heterocycles. The van der Waals surface area contributed by atoms with E-state index < -0.39 is 0 Å². The van der Waals surface area contributed by atoms with Gasteiger partial charge in [0.15, 0.2) is 0 Å². The first-order chi connectivity index (χ1) is 9.83. The maximum absolute atomic E-state index is 2.41. The molecule has 0 bridgehead atoms. The summed E-state index contributed by atoms with van der Waals surface area (Å²) in [4.78, 5) is 0. The van der Waals surface area contributed by atoms with Gasteiger partial charge in [0.05, 0.1) is 9.52 Å². The Balaban J connectivity index is 1.72. The van der Waals surface area contributed by atoms with Crippen LogP contribution in [0.1, 0.15) is 51.0 Å². The van der Waals surface area contributed by atoms with Crippen LogP contribution in [0.4, 0.5) is 0 Å². The Labute approximate surface area is 125 Å². The van der Waals surface area contributed by atoms with Crippen LogP contribution in [0.15, 0.2) is 47.2 Å². The minimum Gasteiger partial charge on any atom is -0.0806 e. The predicted octanol–water partition coefficient (Wildman–Crippen LogP) is 3.84. The summed E-state index contributed by atoms with van der Waals surface area (Å²) >= 11 is 0. The average molecular weight is 283 g/mol. The zero-order chi connectivity index (χ0) is 13.8. The van der Waals surface area contributed by atoms with Crippen molar-refractivity contribution in [1.82, 2.24) is 0 Å². The predicted molar refractivity (Wildman–Crippen MR) is 91.4 cm³/mol. The van der Waals surface area contributed by atoms with Crippen molar-refractivity contribution in [1.29, 1.82) is 0 Å². The molecule has 0 spiro atoms. The van der Waals surface area contributed by atoms with Crippen LogP contribution in [0.3, 0.4) is 0 Å². The molecule has 2 aliphatic carbocycles. The number of rotatable bonds is 4. The summed E-state index contributed by atoms with van der Waals surface area (Å²) in [5.74, 6) is 0.954. The van der Waals surface area contributed by atoms with E-state index >= 15 is 0 Å². The molecule has 0 radical (unpaired) electrons. The lowest BCUT2D eigenvalue weighted by atomic mass is 9.85. The van der Waals surface area contributed by atoms with Crippen LogP contribution >= 0.6 is 0 Å². The highest BCUT2D eigenvalue weighted by molar-refractivity contribution is 6.61. The molecule has 2 aliphatic rings. The standard InChI is InChI=1S/C19H26Si/c1-15-8-7-13-18(15)20-19-12-6-5-11-17(19)14-16-9-3-2-4-10-16/h5-8,11-12,16H,2-4,9-10,13-14,20H2,1H3. The summed E-state index contributed by atoms with van der Waals surface area (Å²) in [6.45, 7) is 2.29. The molecule has 3 rings (SSSR count). The molecule has 0 unspecified atom stereocenters. The Morgan fingerprint density at radius 2 is 1.90 bits per heavy atom. The van der Waals surface area contributed by atoms with Crippen LogP contribution in [0, 0.1) is 5.92 Å². The molecule has 0 N–H and O–H groups in total. The van der Waals surface area contributed by atoms with Crippen LogP contribution < -0.4 is 5.19 Å². The fraction of sp³-hybridized carbons (Fsp3) is 0.474. The van der Waals surface area contributed by atoms with Gasteiger partial charge in [-0.25, -0.2) is 0 Å². The molecule has 0 atom stereocenters. The Morgan fingerprint density at radius 3 is 2.65 bits per heavy atom. The normalized spacial score (nSPS) is 20.4. The largest absolute Gasteiger partial charge is 0.0835 e. The van der Waals surface area contributed by atoms with Crippen LogP contribution in [0.5, 0.6) is 0 Å². The molecular weight excluding hydrogens is 256 g/mol. The first-order valence-corrected chi connectivity index (χ1v) is 9.66. The second kappa shape index (κ2) is 6.58. The molecule has 0 nitrogen and oxygen atoms in total. The molecule has 1 heteroatoms. The molecule has 0 saturated heterocycles. The zero-order valence-electron chi connectivity index (χ0n) is 12.7. The fourth-order valence-electron chi connectivity index (χ4n) is 3.73. The molecule has 1 fully saturated rings. The van der Waals surface area contributed by atoms with E-state index in [2.05, 4.69) is 43.3 Å². The smallest absolute Gasteiger partial charge is 0.0806 e. The van der Waals surface area contributed by atoms with E-state index in [1.807, 2.05) is 0 Å². The lowest BCUT2D eigenvalue weighted by molar-refractivity contribution is 0.357. The van der Waals surface area contributed by atoms with Crippen molar-refractivity contribution in [3.63, 3.8) is 0 Å². The van der Waals surface area contributed by atoms with E-state index in [4.69, 9.17) is 0 Å². The van der Waals surface area contributed by atoms with E-state index in [-0.39, 0.29) is 9.52 Å². The van der Waals surface area contributed by atoms with Crippen LogP contribution in [-0.4, -0.2) is 9.52 Å². The van der Waals surface area contributed by atoms with Crippen molar-refractivity contribution in [2.24, 2.45) is 5.92 Å². The van der Waals surface area contributed by atoms with Crippen LogP contribution in [-0.2, 0) is 6.42 Å². The summed E-state index contributed by atoms with van der Waals surface area (Å²) in [7, 11) is -0.241. The third kappa shape index (κ3) is 3.32. The van der Waals surface area contributed by atoms with E-state index in [0.717, 1.165) is 5.92 Å². The summed E-state index contributed by atoms with van der Waals surface area (Å²) in [5.41, 5.74) is 3.21. The highest BCUT2D eigenvalue weighted by atomic mass is 28.2. The maximum Gasteiger partial charge on any atom is 0.0835 e. The van der Waals surface area contributed by atoms with Gasteiger partial charge in [-0.1, -0.05) is 84.5 Å². The van der Waals surface area contributed by atoms with Gasteiger partial charge in [0, 0.05) is 0 Å². The quantitative estimate of drug-likeness (QED) is 0.736. The van der Waals surface area contributed by atoms with Gasteiger partial charge < -0.3 is 0 Å². The summed E-state index contributed by atoms with van der Waals surface area (Å²) in [6.07, 6.45) is 14.5. The van der Waals surface area contributed by atoms with Crippen LogP contribution in [0.25, 0.3) is 0 Å². The number of allylic oxidation sites excluding steroid dienone is 4. The lowest BCUT2D eigenvalue weighted by Gasteiger charge is -2.23. The molecule has 106 valence electrons. The summed E-state index contributed by atoms with van der Waals surface area (Å²) in [5, 5.41) is 3.46. The van der Waals surface area contributed by atoms with E-state index in [1.165, 1.54) is 44.9 Å². The van der Waals surface area contributed by atoms with Gasteiger partial charge >= 0.3 is 0 Å². The monoisotopic (exact) mass is 282 g/mol. The Bertz CT molecular complexity index is 518. The van der Waals surface area contributed by atoms with Crippen molar-refractivity contribution >= 4 is 14.7 Å². The van der Waals surface area contributed by atoms with Gasteiger partial charge in [-0.15, -0.1) is 0 Å². The van der Waals surface area contributed by atoms with Gasteiger partial charge in [0.2, 0.25) is 0 Å². The first-order valence-electron chi connectivity index (χ1n) is 8.25. The average Bonchev–Trinajstić information content (AvgIpc) is 2.88. The molecule has 0 aromatic heterocycles. The van der Waals surface area contributed by atoms with Gasteiger partial charge in [-0.2, -0.15) is 0 Å². The molecule has 20 heavy (non-hydrogen) atoms. The zero-order valence-corrected chi connectivity index (χ0v) is 14.1. The van der Waals surface area contributed by atoms with Gasteiger partial charge in [0.1, 0.15) is 0 Å². The Morgan fingerprint density at radius 1 is 1.10 bits per heavy atom.